The second-order valence-electron chi connectivity index (χ2n) is 11.6. The van der Waals surface area contributed by atoms with Crippen molar-refractivity contribution in [3.05, 3.63) is 108 Å². The van der Waals surface area contributed by atoms with Gasteiger partial charge >= 0.3 is 0 Å². The predicted molar refractivity (Wildman–Crippen MR) is 164 cm³/mol. The first-order valence-electron chi connectivity index (χ1n) is 15.5. The third-order valence-corrected chi connectivity index (χ3v) is 8.60. The Morgan fingerprint density at radius 3 is 1.47 bits per heavy atom. The van der Waals surface area contributed by atoms with E-state index >= 15 is 0 Å². The maximum absolute atomic E-state index is 6.58. The number of ether oxygens (including phenoxy) is 7. The Bertz CT molecular complexity index is 1190. The predicted octanol–water partition coefficient (Wildman–Crippen LogP) is 6.54. The molecule has 0 aromatic heterocycles. The molecule has 2 saturated heterocycles. The molecule has 2 heterocycles. The van der Waals surface area contributed by atoms with E-state index in [1.165, 1.54) is 0 Å². The Kier molecular flexibility index (Phi) is 11.8. The van der Waals surface area contributed by atoms with Gasteiger partial charge in [0.05, 0.1) is 44.7 Å². The Morgan fingerprint density at radius 2 is 0.977 bits per heavy atom. The lowest BCUT2D eigenvalue weighted by molar-refractivity contribution is -0.310. The van der Waals surface area contributed by atoms with Crippen molar-refractivity contribution in [3.63, 3.8) is 0 Å². The summed E-state index contributed by atoms with van der Waals surface area (Å²) in [6.07, 6.45) is -1.33. The molecule has 5 rings (SSSR count). The lowest BCUT2D eigenvalue weighted by Crippen LogP contribution is -2.57. The van der Waals surface area contributed by atoms with Crippen LogP contribution in [0.2, 0.25) is 0 Å². The number of rotatable bonds is 14. The van der Waals surface area contributed by atoms with E-state index in [-0.39, 0.29) is 36.3 Å². The molecule has 2 fully saturated rings. The molecule has 4 unspecified atom stereocenters. The molecule has 0 N–H and O–H groups in total. The fourth-order valence-electron chi connectivity index (χ4n) is 6.00. The largest absolute Gasteiger partial charge is 0.370 e. The summed E-state index contributed by atoms with van der Waals surface area (Å²) >= 11 is 0. The van der Waals surface area contributed by atoms with Crippen molar-refractivity contribution in [1.82, 2.24) is 0 Å². The van der Waals surface area contributed by atoms with E-state index in [1.807, 2.05) is 66.7 Å². The molecule has 2 aliphatic heterocycles. The fraction of sp³-hybridized carbons (Fsp3) is 0.500. The minimum atomic E-state index is -0.619. The minimum Gasteiger partial charge on any atom is -0.370 e. The zero-order valence-corrected chi connectivity index (χ0v) is 25.7. The molecule has 9 atom stereocenters. The van der Waals surface area contributed by atoms with Gasteiger partial charge in [-0.05, 0) is 23.1 Å². The summed E-state index contributed by atoms with van der Waals surface area (Å²) in [4.78, 5) is 0. The van der Waals surface area contributed by atoms with Gasteiger partial charge in [0.2, 0.25) is 0 Å². The van der Waals surface area contributed by atoms with Gasteiger partial charge in [0.1, 0.15) is 12.2 Å². The fourth-order valence-corrected chi connectivity index (χ4v) is 6.00. The zero-order chi connectivity index (χ0) is 30.0. The lowest BCUT2D eigenvalue weighted by atomic mass is 9.90. The van der Waals surface area contributed by atoms with Crippen LogP contribution in [0.5, 0.6) is 0 Å². The molecule has 0 saturated carbocycles. The third kappa shape index (κ3) is 8.31. The van der Waals surface area contributed by atoms with Crippen molar-refractivity contribution in [2.45, 2.75) is 90.1 Å². The number of methoxy groups -OCH3 is 1. The molecule has 7 nitrogen and oxygen atoms in total. The van der Waals surface area contributed by atoms with E-state index in [9.17, 15) is 0 Å². The van der Waals surface area contributed by atoms with E-state index in [2.05, 4.69) is 45.0 Å². The molecule has 7 heteroatoms. The minimum absolute atomic E-state index is 0.0413. The number of hydrogen-bond acceptors (Lipinski definition) is 7. The van der Waals surface area contributed by atoms with Crippen LogP contribution in [0, 0.1) is 11.8 Å². The van der Waals surface area contributed by atoms with Crippen LogP contribution in [0.15, 0.2) is 91.0 Å². The van der Waals surface area contributed by atoms with E-state index in [1.54, 1.807) is 7.11 Å². The normalized spacial score (nSPS) is 30.8. The smallest absolute Gasteiger partial charge is 0.186 e. The molecule has 0 spiro atoms. The highest BCUT2D eigenvalue weighted by atomic mass is 16.7. The van der Waals surface area contributed by atoms with Crippen molar-refractivity contribution in [2.75, 3.05) is 13.7 Å². The van der Waals surface area contributed by atoms with Gasteiger partial charge in [-0.2, -0.15) is 0 Å². The van der Waals surface area contributed by atoms with Crippen LogP contribution >= 0.6 is 0 Å². The molecule has 43 heavy (non-hydrogen) atoms. The molecule has 3 aromatic rings. The highest BCUT2D eigenvalue weighted by Gasteiger charge is 2.48. The van der Waals surface area contributed by atoms with Crippen LogP contribution in [-0.2, 0) is 53.0 Å². The van der Waals surface area contributed by atoms with Crippen LogP contribution < -0.4 is 0 Å². The van der Waals surface area contributed by atoms with Gasteiger partial charge in [-0.25, -0.2) is 0 Å². The summed E-state index contributed by atoms with van der Waals surface area (Å²) in [5, 5.41) is 0. The van der Waals surface area contributed by atoms with Crippen LogP contribution in [0.4, 0.5) is 0 Å². The van der Waals surface area contributed by atoms with Gasteiger partial charge in [-0.1, -0.05) is 112 Å². The van der Waals surface area contributed by atoms with Crippen LogP contribution in [0.25, 0.3) is 0 Å². The third-order valence-electron chi connectivity index (χ3n) is 8.60. The van der Waals surface area contributed by atoms with Gasteiger partial charge in [0.15, 0.2) is 12.6 Å². The second-order valence-corrected chi connectivity index (χ2v) is 11.6. The molecule has 0 bridgehead atoms. The molecule has 3 aromatic carbocycles. The molecule has 0 radical (unpaired) electrons. The van der Waals surface area contributed by atoms with Crippen LogP contribution in [0.3, 0.4) is 0 Å². The van der Waals surface area contributed by atoms with Crippen LogP contribution in [-0.4, -0.2) is 56.8 Å². The molecule has 0 aliphatic carbocycles. The topological polar surface area (TPSA) is 64.6 Å². The summed E-state index contributed by atoms with van der Waals surface area (Å²) in [6.45, 7) is 8.16. The summed E-state index contributed by atoms with van der Waals surface area (Å²) in [5.74, 6) is 0.160. The summed E-state index contributed by atoms with van der Waals surface area (Å²) < 4.78 is 44.6. The summed E-state index contributed by atoms with van der Waals surface area (Å²) in [6, 6.07) is 30.5. The maximum Gasteiger partial charge on any atom is 0.186 e. The quantitative estimate of drug-likeness (QED) is 0.211. The maximum atomic E-state index is 6.58. The highest BCUT2D eigenvalue weighted by Crippen LogP contribution is 2.35. The van der Waals surface area contributed by atoms with Crippen molar-refractivity contribution in [1.29, 1.82) is 0 Å². The molecule has 2 aliphatic rings. The first-order chi connectivity index (χ1) is 21.1. The Hall–Kier alpha value is -2.62. The van der Waals surface area contributed by atoms with Gasteiger partial charge in [0.25, 0.3) is 0 Å². The van der Waals surface area contributed by atoms with Crippen molar-refractivity contribution in [2.24, 2.45) is 11.8 Å². The molecule has 232 valence electrons. The summed E-state index contributed by atoms with van der Waals surface area (Å²) in [7, 11) is 1.65. The van der Waals surface area contributed by atoms with E-state index in [0.717, 1.165) is 23.1 Å². The standard InChI is InChI=1S/C36H46O7/c1-5-30-25(2)33(39-22-28-17-11-7-12-18-28)36(42-30)41-24-31-26(3)32(38-21-27-15-9-6-10-16-27)34(35(37-4)43-31)40-23-29-19-13-8-14-20-29/h6-20,25-26,30-36H,5,21-24H2,1-4H3/t25?,26-,30?,31-,32+,33?,34-,35+,36?/m1/s1. The molecular weight excluding hydrogens is 544 g/mol. The van der Waals surface area contributed by atoms with Gasteiger partial charge in [-0.3, -0.25) is 0 Å². The van der Waals surface area contributed by atoms with Gasteiger partial charge in [-0.15, -0.1) is 0 Å². The van der Waals surface area contributed by atoms with E-state index < -0.39 is 18.7 Å². The first-order valence-corrected chi connectivity index (χ1v) is 15.5. The number of hydrogen-bond donors (Lipinski definition) is 0. The lowest BCUT2D eigenvalue weighted by Gasteiger charge is -2.45. The summed E-state index contributed by atoms with van der Waals surface area (Å²) in [5.41, 5.74) is 3.31. The Labute approximate surface area is 256 Å². The second kappa shape index (κ2) is 15.9. The first kappa shape index (κ1) is 31.8. The zero-order valence-electron chi connectivity index (χ0n) is 25.7. The molecular formula is C36H46O7. The van der Waals surface area contributed by atoms with Crippen molar-refractivity contribution in [3.8, 4) is 0 Å². The highest BCUT2D eigenvalue weighted by molar-refractivity contribution is 5.15. The number of benzene rings is 3. The van der Waals surface area contributed by atoms with Gasteiger partial charge in [0, 0.05) is 18.9 Å². The Morgan fingerprint density at radius 1 is 0.535 bits per heavy atom. The van der Waals surface area contributed by atoms with E-state index in [4.69, 9.17) is 33.2 Å². The monoisotopic (exact) mass is 590 g/mol. The Balaban J connectivity index is 1.27. The van der Waals surface area contributed by atoms with E-state index in [0.29, 0.717) is 26.4 Å². The van der Waals surface area contributed by atoms with Crippen molar-refractivity contribution >= 4 is 0 Å². The molecule has 0 amide bonds. The average molecular weight is 591 g/mol. The van der Waals surface area contributed by atoms with Crippen molar-refractivity contribution < 1.29 is 33.2 Å². The average Bonchev–Trinajstić information content (AvgIpc) is 3.36. The van der Waals surface area contributed by atoms with Crippen LogP contribution in [0.1, 0.15) is 43.9 Å². The van der Waals surface area contributed by atoms with Gasteiger partial charge < -0.3 is 33.2 Å². The SMILES string of the molecule is CCC1OC(OC[C@H]2O[C@H](OC)[C@H](OCc3ccccc3)[C@@H](OCc3ccccc3)[C@@H]2C)C(OCc2ccccc2)C1C.